The molecule has 1 aliphatic heterocycles. The summed E-state index contributed by atoms with van der Waals surface area (Å²) in [7, 11) is 0. The molecule has 0 N–H and O–H groups in total. The fourth-order valence-corrected chi connectivity index (χ4v) is 4.76. The molecule has 2 rings (SSSR count). The van der Waals surface area contributed by atoms with Crippen molar-refractivity contribution in [3.63, 3.8) is 0 Å². The highest BCUT2D eigenvalue weighted by Crippen LogP contribution is 2.25. The Bertz CT molecular complexity index is 1130. The van der Waals surface area contributed by atoms with Gasteiger partial charge in [-0.25, -0.2) is 0 Å². The molecule has 0 aliphatic carbocycles. The normalized spacial score (nSPS) is 15.4. The number of ether oxygens (including phenoxy) is 3. The van der Waals surface area contributed by atoms with Crippen LogP contribution in [0.25, 0.3) is 0 Å². The predicted octanol–water partition coefficient (Wildman–Crippen LogP) is 3.69. The number of hydrogen-bond acceptors (Lipinski definition) is 10. The van der Waals surface area contributed by atoms with Crippen molar-refractivity contribution in [3.05, 3.63) is 35.4 Å². The van der Waals surface area contributed by atoms with Crippen LogP contribution in [0.1, 0.15) is 96.9 Å². The Hall–Kier alpha value is -3.31. The highest BCUT2D eigenvalue weighted by atomic mass is 16.6. The van der Waals surface area contributed by atoms with Crippen LogP contribution >= 0.6 is 0 Å². The summed E-state index contributed by atoms with van der Waals surface area (Å²) in [6.45, 7) is 19.3. The lowest BCUT2D eigenvalue weighted by molar-refractivity contribution is -0.162. The zero-order valence-corrected chi connectivity index (χ0v) is 27.6. The molecule has 0 saturated carbocycles. The first-order chi connectivity index (χ1) is 19.6. The first-order valence-electron chi connectivity index (χ1n) is 14.6. The van der Waals surface area contributed by atoms with Gasteiger partial charge in [-0.3, -0.25) is 38.7 Å². The minimum absolute atomic E-state index is 0.137. The highest BCUT2D eigenvalue weighted by Gasteiger charge is 2.39. The lowest BCUT2D eigenvalue weighted by Gasteiger charge is -2.35. The van der Waals surface area contributed by atoms with Gasteiger partial charge in [0.15, 0.2) is 0 Å². The van der Waals surface area contributed by atoms with Crippen LogP contribution < -0.4 is 0 Å². The Balaban J connectivity index is 2.31. The first-order valence-corrected chi connectivity index (χ1v) is 14.6. The molecule has 0 radical (unpaired) electrons. The minimum atomic E-state index is -0.720. The minimum Gasteiger partial charge on any atom is -0.459 e. The van der Waals surface area contributed by atoms with Gasteiger partial charge in [-0.15, -0.1) is 0 Å². The topological polar surface area (TPSA) is 123 Å². The number of nitrogens with zero attached hydrogens (tertiary/aromatic N) is 3. The van der Waals surface area contributed by atoms with Crippen LogP contribution in [0.4, 0.5) is 0 Å². The van der Waals surface area contributed by atoms with Crippen molar-refractivity contribution in [2.75, 3.05) is 32.7 Å². The van der Waals surface area contributed by atoms with Gasteiger partial charge in [-0.05, 0) is 88.3 Å². The van der Waals surface area contributed by atoms with E-state index in [4.69, 9.17) is 14.2 Å². The first kappa shape index (κ1) is 35.9. The smallest absolute Gasteiger partial charge is 0.320 e. The molecule has 0 aromatic heterocycles. The average Bonchev–Trinajstić information content (AvgIpc) is 3.05. The summed E-state index contributed by atoms with van der Waals surface area (Å²) < 4.78 is 16.6. The van der Waals surface area contributed by atoms with Gasteiger partial charge < -0.3 is 14.2 Å². The third-order valence-electron chi connectivity index (χ3n) is 6.21. The average molecular weight is 604 g/mol. The van der Waals surface area contributed by atoms with Gasteiger partial charge in [0.05, 0.1) is 36.8 Å². The van der Waals surface area contributed by atoms with E-state index in [-0.39, 0.29) is 32.7 Å². The third-order valence-corrected chi connectivity index (χ3v) is 6.21. The van der Waals surface area contributed by atoms with Crippen molar-refractivity contribution in [1.29, 1.82) is 0 Å². The summed E-state index contributed by atoms with van der Waals surface area (Å²) in [6, 6.07) is 5.61. The molecule has 2 atom stereocenters. The summed E-state index contributed by atoms with van der Waals surface area (Å²) in [5.41, 5.74) is -1.48. The molecule has 2 amide bonds. The van der Waals surface area contributed by atoms with Crippen LogP contribution in [0.5, 0.6) is 0 Å². The molecule has 0 saturated heterocycles. The van der Waals surface area contributed by atoms with Gasteiger partial charge in [0.2, 0.25) is 0 Å². The van der Waals surface area contributed by atoms with Crippen LogP contribution in [0, 0.1) is 0 Å². The van der Waals surface area contributed by atoms with Crippen molar-refractivity contribution < 1.29 is 38.2 Å². The summed E-state index contributed by atoms with van der Waals surface area (Å²) in [5.74, 6) is -2.30. The molecular formula is C32H49N3O8. The molecule has 0 spiro atoms. The molecule has 11 nitrogen and oxygen atoms in total. The molecule has 0 unspecified atom stereocenters. The van der Waals surface area contributed by atoms with E-state index in [2.05, 4.69) is 0 Å². The molecule has 0 fully saturated rings. The van der Waals surface area contributed by atoms with Crippen molar-refractivity contribution in [1.82, 2.24) is 14.7 Å². The second-order valence-electron chi connectivity index (χ2n) is 14.1. The fourth-order valence-electron chi connectivity index (χ4n) is 4.76. The van der Waals surface area contributed by atoms with E-state index in [1.807, 2.05) is 6.92 Å². The molecule has 11 heteroatoms. The number of fused-ring (bicyclic) bond motifs is 1. The summed E-state index contributed by atoms with van der Waals surface area (Å²) in [5, 5.41) is 0. The van der Waals surface area contributed by atoms with E-state index in [9.17, 15) is 24.0 Å². The van der Waals surface area contributed by atoms with Crippen LogP contribution in [0.15, 0.2) is 24.3 Å². The zero-order valence-electron chi connectivity index (χ0n) is 27.6. The van der Waals surface area contributed by atoms with Crippen molar-refractivity contribution in [2.24, 2.45) is 0 Å². The zero-order chi connectivity index (χ0) is 32.9. The van der Waals surface area contributed by atoms with E-state index in [0.29, 0.717) is 11.1 Å². The van der Waals surface area contributed by atoms with Gasteiger partial charge in [0.25, 0.3) is 11.8 Å². The lowest BCUT2D eigenvalue weighted by atomic mass is 10.1. The summed E-state index contributed by atoms with van der Waals surface area (Å²) in [6.07, 6.45) is 0. The Morgan fingerprint density at radius 1 is 0.674 bits per heavy atom. The molecular weight excluding hydrogens is 554 g/mol. The lowest BCUT2D eigenvalue weighted by Crippen LogP contribution is -2.52. The molecule has 1 aliphatic rings. The molecule has 1 aromatic carbocycles. The number of imide groups is 1. The largest absolute Gasteiger partial charge is 0.459 e. The monoisotopic (exact) mass is 603 g/mol. The molecule has 1 heterocycles. The maximum Gasteiger partial charge on any atom is 0.320 e. The second-order valence-corrected chi connectivity index (χ2v) is 14.1. The molecule has 0 bridgehead atoms. The van der Waals surface area contributed by atoms with Crippen LogP contribution in [-0.2, 0) is 28.6 Å². The number of hydrogen-bond donors (Lipinski definition) is 0. The van der Waals surface area contributed by atoms with Crippen LogP contribution in [-0.4, -0.2) is 106 Å². The highest BCUT2D eigenvalue weighted by molar-refractivity contribution is 6.21. The molecule has 1 aromatic rings. The van der Waals surface area contributed by atoms with Gasteiger partial charge in [-0.1, -0.05) is 12.1 Å². The van der Waals surface area contributed by atoms with Gasteiger partial charge in [-0.2, -0.15) is 0 Å². The number of amides is 2. The third kappa shape index (κ3) is 11.7. The van der Waals surface area contributed by atoms with Gasteiger partial charge in [0.1, 0.15) is 16.8 Å². The molecule has 43 heavy (non-hydrogen) atoms. The Morgan fingerprint density at radius 3 is 1.42 bits per heavy atom. The predicted molar refractivity (Wildman–Crippen MR) is 161 cm³/mol. The van der Waals surface area contributed by atoms with Gasteiger partial charge in [0, 0.05) is 19.1 Å². The standard InChI is InChI=1S/C32H49N3O8/c1-21(34(19-26(37)42-31(6,7)8)20-27(38)43-32(9,10)11)16-33(18-25(36)41-30(3,4)5)17-22(2)35-28(39)23-14-12-13-15-24(23)29(35)40/h12-15,21-22H,16-20H2,1-11H3/t21-,22-/m0/s1. The maximum absolute atomic E-state index is 13.1. The molecule has 240 valence electrons. The Morgan fingerprint density at radius 2 is 1.05 bits per heavy atom. The van der Waals surface area contributed by atoms with Crippen molar-refractivity contribution in [3.8, 4) is 0 Å². The summed E-state index contributed by atoms with van der Waals surface area (Å²) >= 11 is 0. The number of benzene rings is 1. The quantitative estimate of drug-likeness (QED) is 0.199. The van der Waals surface area contributed by atoms with E-state index in [1.54, 1.807) is 103 Å². The van der Waals surface area contributed by atoms with E-state index in [1.165, 1.54) is 4.90 Å². The Kier molecular flexibility index (Phi) is 11.7. The number of esters is 3. The number of carbonyl (C=O) groups excluding carboxylic acids is 5. The second kappa shape index (κ2) is 14.0. The maximum atomic E-state index is 13.1. The Labute approximate surface area is 255 Å². The number of rotatable bonds is 12. The SMILES string of the molecule is C[C@@H](CN(CC(=O)OC(C)(C)C)C[C@H](C)N1C(=O)c2ccccc2C1=O)N(CC(=O)OC(C)(C)C)CC(=O)OC(C)(C)C. The van der Waals surface area contributed by atoms with E-state index >= 15 is 0 Å². The van der Waals surface area contributed by atoms with Crippen LogP contribution in [0.2, 0.25) is 0 Å². The summed E-state index contributed by atoms with van der Waals surface area (Å²) in [4.78, 5) is 69.4. The fraction of sp³-hybridized carbons (Fsp3) is 0.656. The van der Waals surface area contributed by atoms with Crippen LogP contribution in [0.3, 0.4) is 0 Å². The van der Waals surface area contributed by atoms with E-state index < -0.39 is 58.6 Å². The van der Waals surface area contributed by atoms with E-state index in [0.717, 1.165) is 0 Å². The van der Waals surface area contributed by atoms with Crippen molar-refractivity contribution in [2.45, 2.75) is 105 Å². The number of carbonyl (C=O) groups is 5. The van der Waals surface area contributed by atoms with Crippen molar-refractivity contribution >= 4 is 29.7 Å². The van der Waals surface area contributed by atoms with Gasteiger partial charge >= 0.3 is 17.9 Å².